The fourth-order valence-corrected chi connectivity index (χ4v) is 4.49. The average molecular weight is 474 g/mol. The predicted octanol–water partition coefficient (Wildman–Crippen LogP) is 5.43. The van der Waals surface area contributed by atoms with E-state index < -0.39 is 0 Å². The Hall–Kier alpha value is -3.11. The van der Waals surface area contributed by atoms with Crippen molar-refractivity contribution in [2.45, 2.75) is 53.6 Å². The molecule has 2 heterocycles. The third kappa shape index (κ3) is 7.19. The number of rotatable bonds is 6. The lowest BCUT2D eigenvalue weighted by Gasteiger charge is -2.24. The number of aromatic nitrogens is 1. The minimum Gasteiger partial charge on any atom is -0.385 e. The first kappa shape index (κ1) is 26.5. The lowest BCUT2D eigenvalue weighted by Crippen LogP contribution is -2.36. The van der Waals surface area contributed by atoms with E-state index in [0.29, 0.717) is 18.0 Å². The number of allylic oxidation sites excluding steroid dienone is 1. The van der Waals surface area contributed by atoms with Crippen molar-refractivity contribution in [3.8, 4) is 11.3 Å². The first-order valence-corrected chi connectivity index (χ1v) is 12.6. The van der Waals surface area contributed by atoms with Crippen molar-refractivity contribution < 1.29 is 4.39 Å². The molecule has 35 heavy (non-hydrogen) atoms. The zero-order chi connectivity index (χ0) is 25.4. The standard InChI is InChI=1S/C20H26N2.C11H14FN/c1-4-18-12-20(19-10-6-5-8-15(19)2)22(16(18)3)14-17-9-7-11-21-13-17;1-8(2)13-7-10-5-4-9(3)11(12)6-10/h4-6,8,10,12,17,21H,3,7,9,11,13-14H2,1-2H3;4-6,13H,1,7H2,2-3H3/b18-4-;/t17-;/m1./s1. The lowest BCUT2D eigenvalue weighted by atomic mass is 9.99. The lowest BCUT2D eigenvalue weighted by molar-refractivity contribution is 0.336. The fourth-order valence-electron chi connectivity index (χ4n) is 4.49. The molecule has 4 rings (SSSR count). The largest absolute Gasteiger partial charge is 0.385 e. The van der Waals surface area contributed by atoms with Crippen molar-refractivity contribution >= 4 is 12.7 Å². The Morgan fingerprint density at radius 3 is 2.57 bits per heavy atom. The van der Waals surface area contributed by atoms with Crippen LogP contribution in [0.5, 0.6) is 0 Å². The summed E-state index contributed by atoms with van der Waals surface area (Å²) in [5.74, 6) is 0.551. The highest BCUT2D eigenvalue weighted by atomic mass is 19.1. The van der Waals surface area contributed by atoms with Gasteiger partial charge in [-0.3, -0.25) is 0 Å². The van der Waals surface area contributed by atoms with Crippen LogP contribution >= 0.6 is 0 Å². The van der Waals surface area contributed by atoms with Crippen LogP contribution in [0, 0.1) is 25.6 Å². The molecule has 2 N–H and O–H groups in total. The number of hydrogen-bond acceptors (Lipinski definition) is 2. The zero-order valence-electron chi connectivity index (χ0n) is 21.8. The highest BCUT2D eigenvalue weighted by Gasteiger charge is 2.17. The van der Waals surface area contributed by atoms with Crippen LogP contribution in [-0.4, -0.2) is 17.7 Å². The van der Waals surface area contributed by atoms with Crippen LogP contribution in [0.2, 0.25) is 0 Å². The van der Waals surface area contributed by atoms with Crippen molar-refractivity contribution in [3.63, 3.8) is 0 Å². The summed E-state index contributed by atoms with van der Waals surface area (Å²) in [6.45, 7) is 19.9. The molecule has 0 radical (unpaired) electrons. The van der Waals surface area contributed by atoms with Gasteiger partial charge in [-0.25, -0.2) is 4.39 Å². The van der Waals surface area contributed by atoms with E-state index in [1.165, 1.54) is 34.9 Å². The van der Waals surface area contributed by atoms with Crippen LogP contribution in [-0.2, 0) is 13.1 Å². The number of aryl methyl sites for hydroxylation is 2. The van der Waals surface area contributed by atoms with Crippen molar-refractivity contribution in [2.75, 3.05) is 13.1 Å². The van der Waals surface area contributed by atoms with Gasteiger partial charge in [0.25, 0.3) is 0 Å². The summed E-state index contributed by atoms with van der Waals surface area (Å²) in [6, 6.07) is 16.2. The predicted molar refractivity (Wildman–Crippen MR) is 148 cm³/mol. The number of nitrogens with one attached hydrogen (secondary N) is 2. The van der Waals surface area contributed by atoms with E-state index in [0.717, 1.165) is 36.2 Å². The van der Waals surface area contributed by atoms with Gasteiger partial charge in [-0.2, -0.15) is 0 Å². The van der Waals surface area contributed by atoms with Crippen LogP contribution in [0.4, 0.5) is 4.39 Å². The number of hydrogen-bond donors (Lipinski definition) is 2. The van der Waals surface area contributed by atoms with Crippen LogP contribution in [0.3, 0.4) is 0 Å². The van der Waals surface area contributed by atoms with Crippen LogP contribution in [0.1, 0.15) is 43.4 Å². The zero-order valence-corrected chi connectivity index (χ0v) is 21.8. The van der Waals surface area contributed by atoms with Gasteiger partial charge in [0.2, 0.25) is 0 Å². The molecule has 0 bridgehead atoms. The van der Waals surface area contributed by atoms with Crippen molar-refractivity contribution in [3.05, 3.63) is 93.9 Å². The Labute approximate surface area is 210 Å². The number of benzene rings is 2. The average Bonchev–Trinajstić information content (AvgIpc) is 3.16. The van der Waals surface area contributed by atoms with Gasteiger partial charge in [0.15, 0.2) is 0 Å². The quantitative estimate of drug-likeness (QED) is 0.500. The van der Waals surface area contributed by atoms with Crippen molar-refractivity contribution in [2.24, 2.45) is 5.92 Å². The minimum absolute atomic E-state index is 0.152. The Balaban J connectivity index is 0.000000225. The first-order valence-electron chi connectivity index (χ1n) is 12.6. The molecule has 0 saturated carbocycles. The third-order valence-electron chi connectivity index (χ3n) is 6.64. The van der Waals surface area contributed by atoms with Gasteiger partial charge in [-0.1, -0.05) is 55.6 Å². The van der Waals surface area contributed by atoms with Gasteiger partial charge in [-0.05, 0) is 93.6 Å². The minimum atomic E-state index is -0.152. The second-order valence-corrected chi connectivity index (χ2v) is 9.58. The summed E-state index contributed by atoms with van der Waals surface area (Å²) >= 11 is 0. The van der Waals surface area contributed by atoms with Gasteiger partial charge in [0.1, 0.15) is 5.82 Å². The molecule has 0 aliphatic carbocycles. The molecule has 1 fully saturated rings. The Morgan fingerprint density at radius 1 is 1.17 bits per heavy atom. The van der Waals surface area contributed by atoms with Crippen LogP contribution < -0.4 is 21.2 Å². The summed E-state index contributed by atoms with van der Waals surface area (Å²) in [4.78, 5) is 0. The number of piperidine rings is 1. The van der Waals surface area contributed by atoms with Gasteiger partial charge in [-0.15, -0.1) is 0 Å². The van der Waals surface area contributed by atoms with E-state index in [1.807, 2.05) is 13.0 Å². The Morgan fingerprint density at radius 2 is 1.94 bits per heavy atom. The summed E-state index contributed by atoms with van der Waals surface area (Å²) in [5.41, 5.74) is 6.46. The molecule has 2 aromatic carbocycles. The molecule has 1 aromatic heterocycles. The summed E-state index contributed by atoms with van der Waals surface area (Å²) in [7, 11) is 0. The molecule has 186 valence electrons. The molecule has 0 unspecified atom stereocenters. The molecule has 4 heteroatoms. The number of halogens is 1. The van der Waals surface area contributed by atoms with E-state index in [4.69, 9.17) is 0 Å². The Bertz CT molecular complexity index is 1250. The van der Waals surface area contributed by atoms with Gasteiger partial charge in [0, 0.05) is 35.4 Å². The monoisotopic (exact) mass is 473 g/mol. The van der Waals surface area contributed by atoms with Gasteiger partial charge < -0.3 is 15.2 Å². The Kier molecular flexibility index (Phi) is 9.50. The van der Waals surface area contributed by atoms with Crippen molar-refractivity contribution in [1.29, 1.82) is 0 Å². The second-order valence-electron chi connectivity index (χ2n) is 9.58. The van der Waals surface area contributed by atoms with E-state index in [2.05, 4.69) is 78.6 Å². The topological polar surface area (TPSA) is 29.0 Å². The maximum absolute atomic E-state index is 13.1. The third-order valence-corrected chi connectivity index (χ3v) is 6.64. The van der Waals surface area contributed by atoms with E-state index in [1.54, 1.807) is 19.1 Å². The fraction of sp³-hybridized carbons (Fsp3) is 0.355. The molecular weight excluding hydrogens is 433 g/mol. The van der Waals surface area contributed by atoms with E-state index in [-0.39, 0.29) is 5.82 Å². The maximum Gasteiger partial charge on any atom is 0.126 e. The molecule has 0 amide bonds. The highest BCUT2D eigenvalue weighted by molar-refractivity contribution is 5.65. The van der Waals surface area contributed by atoms with E-state index >= 15 is 0 Å². The normalized spacial score (nSPS) is 15.9. The molecule has 1 atom stereocenters. The summed E-state index contributed by atoms with van der Waals surface area (Å²) in [5, 5.41) is 8.97. The molecule has 1 aliphatic rings. The summed E-state index contributed by atoms with van der Waals surface area (Å²) < 4.78 is 15.5. The SMILES string of the molecule is C=C(C)NCc1ccc(C)c(F)c1.C=c1/c(=C\C)cc(-c2ccccc2C)n1C[C@@H]1CCCNC1. The molecule has 3 nitrogen and oxygen atoms in total. The second kappa shape index (κ2) is 12.6. The molecule has 1 saturated heterocycles. The molecule has 0 spiro atoms. The number of nitrogens with zero attached hydrogens (tertiary/aromatic N) is 1. The summed E-state index contributed by atoms with van der Waals surface area (Å²) in [6.07, 6.45) is 4.76. The first-order chi connectivity index (χ1) is 16.8. The molecule has 3 aromatic rings. The van der Waals surface area contributed by atoms with Crippen molar-refractivity contribution in [1.82, 2.24) is 15.2 Å². The highest BCUT2D eigenvalue weighted by Crippen LogP contribution is 2.23. The smallest absolute Gasteiger partial charge is 0.126 e. The van der Waals surface area contributed by atoms with Gasteiger partial charge >= 0.3 is 0 Å². The molecular formula is C31H40FN3. The van der Waals surface area contributed by atoms with Crippen LogP contribution in [0.25, 0.3) is 23.9 Å². The van der Waals surface area contributed by atoms with E-state index in [9.17, 15) is 4.39 Å². The van der Waals surface area contributed by atoms with Gasteiger partial charge in [0.05, 0.1) is 0 Å². The molecule has 1 aliphatic heterocycles. The maximum atomic E-state index is 13.1. The van der Waals surface area contributed by atoms with Crippen LogP contribution in [0.15, 0.2) is 60.8 Å².